The van der Waals surface area contributed by atoms with Crippen LogP contribution in [0.1, 0.15) is 34.6 Å². The zero-order valence-electron chi connectivity index (χ0n) is 19.1. The average molecular weight is 481 g/mol. The molecule has 3 aromatic rings. The molecular formula is C26H25ClN2O5. The topological polar surface area (TPSA) is 77.1 Å². The van der Waals surface area contributed by atoms with Crippen LogP contribution in [0.2, 0.25) is 5.02 Å². The predicted octanol–water partition coefficient (Wildman–Crippen LogP) is 5.37. The maximum atomic E-state index is 13.7. The third-order valence-electron chi connectivity index (χ3n) is 5.41. The summed E-state index contributed by atoms with van der Waals surface area (Å²) in [4.78, 5) is 27.4. The van der Waals surface area contributed by atoms with E-state index in [4.69, 9.17) is 25.8 Å². The highest BCUT2D eigenvalue weighted by atomic mass is 35.5. The van der Waals surface area contributed by atoms with Crippen LogP contribution < -0.4 is 19.7 Å². The Bertz CT molecular complexity index is 1230. The highest BCUT2D eigenvalue weighted by Gasteiger charge is 2.36. The van der Waals surface area contributed by atoms with Crippen LogP contribution in [0.25, 0.3) is 0 Å². The Hall–Kier alpha value is -3.71. The first-order valence-corrected chi connectivity index (χ1v) is 11.2. The van der Waals surface area contributed by atoms with Gasteiger partial charge in [-0.15, -0.1) is 0 Å². The molecule has 34 heavy (non-hydrogen) atoms. The number of hydrogen-bond acceptors (Lipinski definition) is 6. The van der Waals surface area contributed by atoms with Gasteiger partial charge in [0.25, 0.3) is 5.91 Å². The van der Waals surface area contributed by atoms with E-state index in [-0.39, 0.29) is 19.1 Å². The molecule has 0 radical (unpaired) electrons. The van der Waals surface area contributed by atoms with E-state index in [2.05, 4.69) is 5.32 Å². The number of carbonyl (C=O) groups excluding carboxylic acids is 2. The minimum atomic E-state index is -0.686. The second-order valence-corrected chi connectivity index (χ2v) is 8.16. The summed E-state index contributed by atoms with van der Waals surface area (Å²) < 4.78 is 16.4. The number of rotatable bonds is 7. The highest BCUT2D eigenvalue weighted by Crippen LogP contribution is 2.44. The first kappa shape index (κ1) is 23.4. The molecule has 1 atom stereocenters. The van der Waals surface area contributed by atoms with E-state index in [1.165, 1.54) is 7.11 Å². The highest BCUT2D eigenvalue weighted by molar-refractivity contribution is 6.31. The lowest BCUT2D eigenvalue weighted by Gasteiger charge is -2.39. The number of hydrogen-bond donors (Lipinski definition) is 1. The molecule has 8 heteroatoms. The minimum absolute atomic E-state index is 0.180. The average Bonchev–Trinajstić information content (AvgIpc) is 2.82. The second kappa shape index (κ2) is 10.1. The molecule has 1 amide bonds. The van der Waals surface area contributed by atoms with E-state index >= 15 is 0 Å². The summed E-state index contributed by atoms with van der Waals surface area (Å²) >= 11 is 6.43. The van der Waals surface area contributed by atoms with Crippen LogP contribution in [-0.2, 0) is 9.53 Å². The van der Waals surface area contributed by atoms with Crippen LogP contribution in [0.3, 0.4) is 0 Å². The molecule has 1 aliphatic rings. The molecule has 0 spiro atoms. The van der Waals surface area contributed by atoms with Crippen molar-refractivity contribution >= 4 is 34.9 Å². The van der Waals surface area contributed by atoms with Gasteiger partial charge >= 0.3 is 5.97 Å². The summed E-state index contributed by atoms with van der Waals surface area (Å²) in [6.07, 6.45) is -0.686. The van der Waals surface area contributed by atoms with Crippen LogP contribution in [0, 0.1) is 6.92 Å². The van der Waals surface area contributed by atoms with Gasteiger partial charge in [0.05, 0.1) is 19.3 Å². The summed E-state index contributed by atoms with van der Waals surface area (Å²) in [5.74, 6) is -0.0642. The number of nitrogens with one attached hydrogen (secondary N) is 1. The molecule has 0 bridgehead atoms. The molecule has 7 nitrogen and oxygen atoms in total. The molecule has 0 unspecified atom stereocenters. The maximum absolute atomic E-state index is 13.7. The first-order valence-electron chi connectivity index (χ1n) is 10.8. The largest absolute Gasteiger partial charge is 0.493 e. The quantitative estimate of drug-likeness (QED) is 0.458. The fourth-order valence-electron chi connectivity index (χ4n) is 3.95. The van der Waals surface area contributed by atoms with E-state index < -0.39 is 12.1 Å². The Balaban J connectivity index is 1.87. The van der Waals surface area contributed by atoms with Crippen LogP contribution in [0.4, 0.5) is 11.4 Å². The summed E-state index contributed by atoms with van der Waals surface area (Å²) in [6.45, 7) is 3.61. The Kier molecular flexibility index (Phi) is 6.93. The van der Waals surface area contributed by atoms with Crippen molar-refractivity contribution in [2.75, 3.05) is 30.5 Å². The minimum Gasteiger partial charge on any atom is -0.493 e. The van der Waals surface area contributed by atoms with E-state index in [0.717, 1.165) is 5.56 Å². The standard InChI is InChI=1S/C26H25ClN2O5/c1-4-33-23(30)15-34-24-20(13-17(27)14-22(24)32-3)25-28-21-11-6-5-10-19(21)26(31)29(25)18-9-7-8-16(2)12-18/h5-14,25,28H,4,15H2,1-3H3/t25-/m0/s1. The zero-order chi connectivity index (χ0) is 24.2. The molecule has 0 saturated carbocycles. The van der Waals surface area contributed by atoms with E-state index in [1.807, 2.05) is 49.4 Å². The number of ether oxygens (including phenoxy) is 3. The van der Waals surface area contributed by atoms with Gasteiger partial charge in [0.2, 0.25) is 0 Å². The molecule has 0 aromatic heterocycles. The van der Waals surface area contributed by atoms with Crippen molar-refractivity contribution in [3.05, 3.63) is 82.4 Å². The molecular weight excluding hydrogens is 456 g/mol. The van der Waals surface area contributed by atoms with Crippen LogP contribution in [-0.4, -0.2) is 32.2 Å². The van der Waals surface area contributed by atoms with Crippen molar-refractivity contribution in [1.29, 1.82) is 0 Å². The number of anilines is 2. The number of fused-ring (bicyclic) bond motifs is 1. The van der Waals surface area contributed by atoms with Gasteiger partial charge in [0.1, 0.15) is 6.17 Å². The van der Waals surface area contributed by atoms with Crippen molar-refractivity contribution in [3.8, 4) is 11.5 Å². The van der Waals surface area contributed by atoms with Gasteiger partial charge < -0.3 is 19.5 Å². The smallest absolute Gasteiger partial charge is 0.344 e. The Morgan fingerprint density at radius 1 is 1.12 bits per heavy atom. The maximum Gasteiger partial charge on any atom is 0.344 e. The van der Waals surface area contributed by atoms with Gasteiger partial charge in [0.15, 0.2) is 18.1 Å². The third kappa shape index (κ3) is 4.65. The predicted molar refractivity (Wildman–Crippen MR) is 131 cm³/mol. The number of nitrogens with zero attached hydrogens (tertiary/aromatic N) is 1. The first-order chi connectivity index (χ1) is 16.4. The lowest BCUT2D eigenvalue weighted by molar-refractivity contribution is -0.145. The van der Waals surface area contributed by atoms with Crippen molar-refractivity contribution in [1.82, 2.24) is 0 Å². The van der Waals surface area contributed by atoms with Crippen LogP contribution in [0.15, 0.2) is 60.7 Å². The van der Waals surface area contributed by atoms with Crippen LogP contribution in [0.5, 0.6) is 11.5 Å². The number of carbonyl (C=O) groups is 2. The van der Waals surface area contributed by atoms with Gasteiger partial charge in [-0.05, 0) is 49.7 Å². The van der Waals surface area contributed by atoms with Crippen molar-refractivity contribution in [2.24, 2.45) is 0 Å². The summed E-state index contributed by atoms with van der Waals surface area (Å²) in [5, 5.41) is 3.83. The number of para-hydroxylation sites is 1. The zero-order valence-corrected chi connectivity index (χ0v) is 19.9. The normalized spacial score (nSPS) is 14.8. The molecule has 1 N–H and O–H groups in total. The van der Waals surface area contributed by atoms with Crippen molar-refractivity contribution in [3.63, 3.8) is 0 Å². The fraction of sp³-hybridized carbons (Fsp3) is 0.231. The van der Waals surface area contributed by atoms with Crippen LogP contribution >= 0.6 is 11.6 Å². The number of benzene rings is 3. The SMILES string of the molecule is CCOC(=O)COc1c(OC)cc(Cl)cc1[C@H]1Nc2ccccc2C(=O)N1c1cccc(C)c1. The third-order valence-corrected chi connectivity index (χ3v) is 5.63. The van der Waals surface area contributed by atoms with Gasteiger partial charge in [-0.2, -0.15) is 0 Å². The molecule has 0 fully saturated rings. The summed E-state index contributed by atoms with van der Waals surface area (Å²) in [7, 11) is 1.49. The van der Waals surface area contributed by atoms with Gasteiger partial charge in [-0.3, -0.25) is 9.69 Å². The van der Waals surface area contributed by atoms with E-state index in [9.17, 15) is 9.59 Å². The van der Waals surface area contributed by atoms with E-state index in [0.29, 0.717) is 39.0 Å². The lowest BCUT2D eigenvalue weighted by atomic mass is 10.0. The van der Waals surface area contributed by atoms with Gasteiger partial charge in [-0.25, -0.2) is 4.79 Å². The summed E-state index contributed by atoms with van der Waals surface area (Å²) in [6, 6.07) is 18.3. The molecule has 1 aliphatic heterocycles. The van der Waals surface area contributed by atoms with Crippen molar-refractivity contribution < 1.29 is 23.8 Å². The Morgan fingerprint density at radius 2 is 1.91 bits per heavy atom. The Labute approximate surface area is 203 Å². The number of aryl methyl sites for hydroxylation is 1. The Morgan fingerprint density at radius 3 is 2.65 bits per heavy atom. The number of methoxy groups -OCH3 is 1. The van der Waals surface area contributed by atoms with Gasteiger partial charge in [-0.1, -0.05) is 35.9 Å². The molecule has 0 aliphatic carbocycles. The number of esters is 1. The molecule has 4 rings (SSSR count). The lowest BCUT2D eigenvalue weighted by Crippen LogP contribution is -2.43. The molecule has 3 aromatic carbocycles. The number of halogens is 1. The van der Waals surface area contributed by atoms with Gasteiger partial charge in [0, 0.05) is 28.0 Å². The second-order valence-electron chi connectivity index (χ2n) is 7.73. The van der Waals surface area contributed by atoms with Crippen molar-refractivity contribution in [2.45, 2.75) is 20.0 Å². The van der Waals surface area contributed by atoms with E-state index in [1.54, 1.807) is 30.0 Å². The molecule has 1 heterocycles. The summed E-state index contributed by atoms with van der Waals surface area (Å²) in [5.41, 5.74) is 3.47. The molecule has 0 saturated heterocycles. The fourth-order valence-corrected chi connectivity index (χ4v) is 4.16. The number of amides is 1. The monoisotopic (exact) mass is 480 g/mol. The molecule has 176 valence electrons.